The molecule has 0 amide bonds. The molecule has 1 aromatic carbocycles. The lowest BCUT2D eigenvalue weighted by Gasteiger charge is -2.10. The maximum absolute atomic E-state index is 5.80. The van der Waals surface area contributed by atoms with Crippen molar-refractivity contribution < 1.29 is 4.74 Å². The molecule has 0 N–H and O–H groups in total. The normalized spacial score (nSPS) is 10.6. The van der Waals surface area contributed by atoms with Gasteiger partial charge in [-0.25, -0.2) is 0 Å². The summed E-state index contributed by atoms with van der Waals surface area (Å²) >= 11 is 0. The summed E-state index contributed by atoms with van der Waals surface area (Å²) in [7, 11) is 0. The third-order valence-corrected chi connectivity index (χ3v) is 3.48. The minimum absolute atomic E-state index is 0.827. The first-order valence-electron chi connectivity index (χ1n) is 8.09. The summed E-state index contributed by atoms with van der Waals surface area (Å²) in [5.41, 5.74) is 1.38. The number of rotatable bonds is 11. The molecule has 1 rings (SSSR count). The van der Waals surface area contributed by atoms with E-state index in [1.807, 2.05) is 0 Å². The quantitative estimate of drug-likeness (QED) is 0.460. The summed E-state index contributed by atoms with van der Waals surface area (Å²) in [4.78, 5) is 0. The zero-order valence-electron chi connectivity index (χ0n) is 12.8. The Morgan fingerprint density at radius 1 is 0.789 bits per heavy atom. The second-order valence-corrected chi connectivity index (χ2v) is 5.33. The summed E-state index contributed by atoms with van der Waals surface area (Å²) in [6, 6.07) is 8.50. The van der Waals surface area contributed by atoms with Gasteiger partial charge in [0, 0.05) is 0 Å². The van der Waals surface area contributed by atoms with Crippen LogP contribution < -0.4 is 4.74 Å². The Morgan fingerprint density at radius 3 is 2.21 bits per heavy atom. The third kappa shape index (κ3) is 7.25. The van der Waals surface area contributed by atoms with Gasteiger partial charge in [-0.15, -0.1) is 0 Å². The van der Waals surface area contributed by atoms with Crippen LogP contribution in [0.2, 0.25) is 0 Å². The fourth-order valence-electron chi connectivity index (χ4n) is 2.34. The molecule has 1 nitrogen and oxygen atoms in total. The van der Waals surface area contributed by atoms with Crippen molar-refractivity contribution in [3.05, 3.63) is 29.8 Å². The molecular formula is C18H30O. The van der Waals surface area contributed by atoms with Crippen LogP contribution in [0.15, 0.2) is 24.3 Å². The van der Waals surface area contributed by atoms with Crippen LogP contribution in [0.5, 0.6) is 5.75 Å². The van der Waals surface area contributed by atoms with Gasteiger partial charge in [-0.1, -0.05) is 70.6 Å². The van der Waals surface area contributed by atoms with Gasteiger partial charge in [0.2, 0.25) is 0 Å². The predicted molar refractivity (Wildman–Crippen MR) is 83.9 cm³/mol. The van der Waals surface area contributed by atoms with Crippen LogP contribution in [0.4, 0.5) is 0 Å². The van der Waals surface area contributed by atoms with Crippen LogP contribution in [0.25, 0.3) is 0 Å². The van der Waals surface area contributed by atoms with Gasteiger partial charge in [-0.3, -0.25) is 0 Å². The average Bonchev–Trinajstić information content (AvgIpc) is 2.45. The highest BCUT2D eigenvalue weighted by Gasteiger charge is 2.02. The molecule has 0 aromatic heterocycles. The molecule has 0 atom stereocenters. The van der Waals surface area contributed by atoms with Crippen LogP contribution in [0.3, 0.4) is 0 Å². The Kier molecular flexibility index (Phi) is 9.22. The van der Waals surface area contributed by atoms with Gasteiger partial charge in [0.1, 0.15) is 5.75 Å². The molecule has 108 valence electrons. The molecule has 0 saturated carbocycles. The Morgan fingerprint density at radius 2 is 1.47 bits per heavy atom. The summed E-state index contributed by atoms with van der Waals surface area (Å²) in [6.45, 7) is 5.25. The first kappa shape index (κ1) is 16.1. The number of unbranched alkanes of at least 4 members (excludes halogenated alkanes) is 6. The highest BCUT2D eigenvalue weighted by molar-refractivity contribution is 5.33. The van der Waals surface area contributed by atoms with Crippen molar-refractivity contribution in [2.75, 3.05) is 6.61 Å². The van der Waals surface area contributed by atoms with Crippen molar-refractivity contribution in [2.24, 2.45) is 0 Å². The second-order valence-electron chi connectivity index (χ2n) is 5.33. The monoisotopic (exact) mass is 262 g/mol. The molecule has 0 saturated heterocycles. The van der Waals surface area contributed by atoms with E-state index in [1.165, 1.54) is 50.5 Å². The Balaban J connectivity index is 2.21. The van der Waals surface area contributed by atoms with Crippen molar-refractivity contribution in [3.63, 3.8) is 0 Å². The number of hydrogen-bond donors (Lipinski definition) is 0. The molecule has 1 heteroatoms. The van der Waals surface area contributed by atoms with Crippen molar-refractivity contribution in [2.45, 2.75) is 71.6 Å². The summed E-state index contributed by atoms with van der Waals surface area (Å²) in [5.74, 6) is 1.09. The lowest BCUT2D eigenvalue weighted by atomic mass is 10.0. The van der Waals surface area contributed by atoms with Crippen LogP contribution in [-0.4, -0.2) is 6.61 Å². The summed E-state index contributed by atoms with van der Waals surface area (Å²) < 4.78 is 5.80. The SMILES string of the molecule is CCCCCCCCCc1ccccc1OCCC. The van der Waals surface area contributed by atoms with Gasteiger partial charge in [-0.2, -0.15) is 0 Å². The van der Waals surface area contributed by atoms with Crippen LogP contribution in [0.1, 0.15) is 70.8 Å². The molecule has 19 heavy (non-hydrogen) atoms. The van der Waals surface area contributed by atoms with Crippen molar-refractivity contribution in [1.82, 2.24) is 0 Å². The largest absolute Gasteiger partial charge is 0.493 e. The highest BCUT2D eigenvalue weighted by atomic mass is 16.5. The topological polar surface area (TPSA) is 9.23 Å². The Labute approximate surface area is 119 Å². The van der Waals surface area contributed by atoms with Crippen LogP contribution in [0, 0.1) is 0 Å². The summed E-state index contributed by atoms with van der Waals surface area (Å²) in [6.07, 6.45) is 11.8. The number of benzene rings is 1. The number of ether oxygens (including phenoxy) is 1. The minimum atomic E-state index is 0.827. The molecule has 0 heterocycles. The first-order chi connectivity index (χ1) is 9.38. The molecular weight excluding hydrogens is 232 g/mol. The van der Waals surface area contributed by atoms with E-state index < -0.39 is 0 Å². The van der Waals surface area contributed by atoms with E-state index in [-0.39, 0.29) is 0 Å². The lowest BCUT2D eigenvalue weighted by Crippen LogP contribution is -1.99. The van der Waals surface area contributed by atoms with Gasteiger partial charge in [0.05, 0.1) is 6.61 Å². The van der Waals surface area contributed by atoms with E-state index in [0.29, 0.717) is 0 Å². The van der Waals surface area contributed by atoms with Gasteiger partial charge >= 0.3 is 0 Å². The molecule has 0 unspecified atom stereocenters. The Hall–Kier alpha value is -0.980. The molecule has 1 aromatic rings. The van der Waals surface area contributed by atoms with E-state index in [1.54, 1.807) is 0 Å². The minimum Gasteiger partial charge on any atom is -0.493 e. The predicted octanol–water partition coefficient (Wildman–Crippen LogP) is 5.77. The molecule has 0 radical (unpaired) electrons. The molecule has 0 aliphatic rings. The van der Waals surface area contributed by atoms with E-state index in [9.17, 15) is 0 Å². The van der Waals surface area contributed by atoms with E-state index in [2.05, 4.69) is 38.1 Å². The maximum atomic E-state index is 5.80. The lowest BCUT2D eigenvalue weighted by molar-refractivity contribution is 0.314. The van der Waals surface area contributed by atoms with Crippen molar-refractivity contribution in [1.29, 1.82) is 0 Å². The van der Waals surface area contributed by atoms with Crippen LogP contribution in [-0.2, 0) is 6.42 Å². The molecule has 0 aliphatic heterocycles. The van der Waals surface area contributed by atoms with Gasteiger partial charge < -0.3 is 4.74 Å². The van der Waals surface area contributed by atoms with Crippen LogP contribution >= 0.6 is 0 Å². The standard InChI is InChI=1S/C18H30O/c1-3-5-6-7-8-9-10-13-17-14-11-12-15-18(17)19-16-4-2/h11-12,14-15H,3-10,13,16H2,1-2H3. The smallest absolute Gasteiger partial charge is 0.122 e. The van der Waals surface area contributed by atoms with E-state index >= 15 is 0 Å². The van der Waals surface area contributed by atoms with Gasteiger partial charge in [-0.05, 0) is 30.9 Å². The van der Waals surface area contributed by atoms with Crippen molar-refractivity contribution >= 4 is 0 Å². The molecule has 0 aliphatic carbocycles. The molecule has 0 bridgehead atoms. The first-order valence-corrected chi connectivity index (χ1v) is 8.09. The average molecular weight is 262 g/mol. The highest BCUT2D eigenvalue weighted by Crippen LogP contribution is 2.21. The third-order valence-electron chi connectivity index (χ3n) is 3.48. The van der Waals surface area contributed by atoms with Gasteiger partial charge in [0.25, 0.3) is 0 Å². The maximum Gasteiger partial charge on any atom is 0.122 e. The zero-order chi connectivity index (χ0) is 13.8. The van der Waals surface area contributed by atoms with Crippen molar-refractivity contribution in [3.8, 4) is 5.75 Å². The Bertz CT molecular complexity index is 319. The van der Waals surface area contributed by atoms with Gasteiger partial charge in [0.15, 0.2) is 0 Å². The number of aryl methyl sites for hydroxylation is 1. The van der Waals surface area contributed by atoms with E-state index in [0.717, 1.165) is 25.2 Å². The zero-order valence-corrected chi connectivity index (χ0v) is 12.8. The molecule has 0 fully saturated rings. The molecule has 0 spiro atoms. The second kappa shape index (κ2) is 10.9. The number of para-hydroxylation sites is 1. The summed E-state index contributed by atoms with van der Waals surface area (Å²) in [5, 5.41) is 0. The number of hydrogen-bond acceptors (Lipinski definition) is 1. The van der Waals surface area contributed by atoms with E-state index in [4.69, 9.17) is 4.74 Å². The fraction of sp³-hybridized carbons (Fsp3) is 0.667. The fourth-order valence-corrected chi connectivity index (χ4v) is 2.34.